The van der Waals surface area contributed by atoms with E-state index in [0.717, 1.165) is 48.1 Å². The van der Waals surface area contributed by atoms with E-state index >= 15 is 0 Å². The van der Waals surface area contributed by atoms with Gasteiger partial charge in [-0.05, 0) is 43.3 Å². The Morgan fingerprint density at radius 1 is 1.17 bits per heavy atom. The maximum atomic E-state index is 4.53. The van der Waals surface area contributed by atoms with Crippen LogP contribution >= 0.6 is 11.3 Å². The van der Waals surface area contributed by atoms with E-state index < -0.39 is 0 Å². The zero-order valence-corrected chi connectivity index (χ0v) is 13.9. The Labute approximate surface area is 139 Å². The molecule has 3 aromatic heterocycles. The first-order chi connectivity index (χ1) is 11.3. The van der Waals surface area contributed by atoms with E-state index in [4.69, 9.17) is 0 Å². The molecule has 1 aliphatic heterocycles. The molecule has 0 saturated carbocycles. The number of thiophene rings is 1. The molecule has 0 aliphatic carbocycles. The van der Waals surface area contributed by atoms with Crippen LogP contribution in [0.5, 0.6) is 0 Å². The van der Waals surface area contributed by atoms with Crippen LogP contribution in [0, 0.1) is 6.92 Å². The Balaban J connectivity index is 1.44. The molecule has 0 atom stereocenters. The van der Waals surface area contributed by atoms with Gasteiger partial charge in [-0.2, -0.15) is 0 Å². The third-order valence-electron chi connectivity index (χ3n) is 4.28. The van der Waals surface area contributed by atoms with Gasteiger partial charge < -0.3 is 10.2 Å². The summed E-state index contributed by atoms with van der Waals surface area (Å²) in [6, 6.07) is 8.71. The number of piperidine rings is 1. The highest BCUT2D eigenvalue weighted by Crippen LogP contribution is 2.29. The van der Waals surface area contributed by atoms with Gasteiger partial charge in [-0.1, -0.05) is 6.07 Å². The zero-order chi connectivity index (χ0) is 15.6. The molecule has 3 aromatic rings. The average molecular weight is 325 g/mol. The van der Waals surface area contributed by atoms with E-state index in [9.17, 15) is 0 Å². The third-order valence-corrected chi connectivity index (χ3v) is 5.10. The van der Waals surface area contributed by atoms with Gasteiger partial charge in [0.25, 0.3) is 0 Å². The molecule has 4 rings (SSSR count). The van der Waals surface area contributed by atoms with Gasteiger partial charge in [0.1, 0.15) is 22.8 Å². The van der Waals surface area contributed by atoms with Crippen LogP contribution in [0.25, 0.3) is 10.2 Å². The number of pyridine rings is 1. The summed E-state index contributed by atoms with van der Waals surface area (Å²) in [4.78, 5) is 16.8. The molecule has 5 nitrogen and oxygen atoms in total. The van der Waals surface area contributed by atoms with Crippen molar-refractivity contribution < 1.29 is 0 Å². The minimum absolute atomic E-state index is 0.473. The lowest BCUT2D eigenvalue weighted by Gasteiger charge is -2.33. The molecule has 4 heterocycles. The molecule has 0 bridgehead atoms. The Morgan fingerprint density at radius 3 is 2.87 bits per heavy atom. The quantitative estimate of drug-likeness (QED) is 0.799. The topological polar surface area (TPSA) is 53.9 Å². The summed E-state index contributed by atoms with van der Waals surface area (Å²) in [6.45, 7) is 4.03. The normalized spacial score (nSPS) is 16.0. The first-order valence-corrected chi connectivity index (χ1v) is 8.81. The lowest BCUT2D eigenvalue weighted by atomic mass is 10.0. The van der Waals surface area contributed by atoms with Crippen LogP contribution < -0.4 is 10.2 Å². The van der Waals surface area contributed by atoms with E-state index in [2.05, 4.69) is 36.6 Å². The van der Waals surface area contributed by atoms with Gasteiger partial charge in [0.2, 0.25) is 0 Å². The predicted molar refractivity (Wildman–Crippen MR) is 95.2 cm³/mol. The van der Waals surface area contributed by atoms with Crippen LogP contribution in [0.2, 0.25) is 0 Å². The lowest BCUT2D eigenvalue weighted by Crippen LogP contribution is -2.39. The number of rotatable bonds is 3. The van der Waals surface area contributed by atoms with E-state index in [-0.39, 0.29) is 0 Å². The number of nitrogens with zero attached hydrogens (tertiary/aromatic N) is 4. The number of fused-ring (bicyclic) bond motifs is 1. The minimum atomic E-state index is 0.473. The van der Waals surface area contributed by atoms with Crippen molar-refractivity contribution in [2.75, 3.05) is 23.3 Å². The highest BCUT2D eigenvalue weighted by atomic mass is 32.1. The van der Waals surface area contributed by atoms with E-state index in [1.54, 1.807) is 17.7 Å². The summed E-state index contributed by atoms with van der Waals surface area (Å²) in [5.41, 5.74) is 1.05. The highest BCUT2D eigenvalue weighted by molar-refractivity contribution is 7.16. The number of nitrogens with one attached hydrogen (secondary N) is 1. The van der Waals surface area contributed by atoms with Crippen molar-refractivity contribution in [1.82, 2.24) is 15.0 Å². The molecular formula is C17H19N5S. The molecule has 23 heavy (non-hydrogen) atoms. The zero-order valence-electron chi connectivity index (χ0n) is 13.1. The van der Waals surface area contributed by atoms with Gasteiger partial charge in [0.15, 0.2) is 0 Å². The van der Waals surface area contributed by atoms with Crippen LogP contribution in [0.15, 0.2) is 36.0 Å². The van der Waals surface area contributed by atoms with E-state index in [1.807, 2.05) is 25.1 Å². The molecular weight excluding hydrogens is 306 g/mol. The number of aryl methyl sites for hydroxylation is 1. The third kappa shape index (κ3) is 2.99. The summed E-state index contributed by atoms with van der Waals surface area (Å²) in [6.07, 6.45) is 3.85. The fourth-order valence-corrected chi connectivity index (χ4v) is 3.82. The van der Waals surface area contributed by atoms with Crippen molar-refractivity contribution in [3.8, 4) is 0 Å². The number of anilines is 2. The number of hydrogen-bond donors (Lipinski definition) is 1. The Bertz CT molecular complexity index is 807. The summed E-state index contributed by atoms with van der Waals surface area (Å²) < 4.78 is 0. The van der Waals surface area contributed by atoms with Gasteiger partial charge in [-0.25, -0.2) is 15.0 Å². The molecule has 1 fully saturated rings. The maximum Gasteiger partial charge on any atom is 0.140 e. The SMILES string of the molecule is Cc1cccc(NC2CCN(c3ncnc4sccc34)CC2)n1. The second-order valence-electron chi connectivity index (χ2n) is 5.91. The molecule has 118 valence electrons. The van der Waals surface area contributed by atoms with Crippen LogP contribution in [0.4, 0.5) is 11.6 Å². The first kappa shape index (κ1) is 14.4. The van der Waals surface area contributed by atoms with Crippen molar-refractivity contribution in [3.63, 3.8) is 0 Å². The minimum Gasteiger partial charge on any atom is -0.367 e. The molecule has 6 heteroatoms. The van der Waals surface area contributed by atoms with Gasteiger partial charge >= 0.3 is 0 Å². The van der Waals surface area contributed by atoms with Gasteiger partial charge in [0.05, 0.1) is 5.39 Å². The second-order valence-corrected chi connectivity index (χ2v) is 6.80. The fourth-order valence-electron chi connectivity index (χ4n) is 3.10. The standard InChI is InChI=1S/C17H19N5S/c1-12-3-2-4-15(20-12)21-13-5-8-22(9-6-13)16-14-7-10-23-17(14)19-11-18-16/h2-4,7,10-11,13H,5-6,8-9H2,1H3,(H,20,21). The van der Waals surface area contributed by atoms with Crippen molar-refractivity contribution in [2.45, 2.75) is 25.8 Å². The van der Waals surface area contributed by atoms with Crippen molar-refractivity contribution >= 4 is 33.2 Å². The summed E-state index contributed by atoms with van der Waals surface area (Å²) >= 11 is 1.67. The molecule has 1 aliphatic rings. The Kier molecular flexibility index (Phi) is 3.83. The molecule has 0 radical (unpaired) electrons. The largest absolute Gasteiger partial charge is 0.367 e. The molecule has 0 spiro atoms. The molecule has 1 N–H and O–H groups in total. The molecule has 1 saturated heterocycles. The van der Waals surface area contributed by atoms with Gasteiger partial charge in [-0.3, -0.25) is 0 Å². The highest BCUT2D eigenvalue weighted by Gasteiger charge is 2.22. The molecule has 0 unspecified atom stereocenters. The van der Waals surface area contributed by atoms with Crippen molar-refractivity contribution in [1.29, 1.82) is 0 Å². The lowest BCUT2D eigenvalue weighted by molar-refractivity contribution is 0.523. The Hall–Kier alpha value is -2.21. The average Bonchev–Trinajstić information content (AvgIpc) is 3.04. The van der Waals surface area contributed by atoms with Crippen LogP contribution in [0.1, 0.15) is 18.5 Å². The molecule has 0 amide bonds. The van der Waals surface area contributed by atoms with E-state index in [1.165, 1.54) is 5.39 Å². The summed E-state index contributed by atoms with van der Waals surface area (Å²) in [5.74, 6) is 2.05. The van der Waals surface area contributed by atoms with Crippen molar-refractivity contribution in [3.05, 3.63) is 41.7 Å². The van der Waals surface area contributed by atoms with Crippen LogP contribution in [-0.2, 0) is 0 Å². The van der Waals surface area contributed by atoms with Crippen molar-refractivity contribution in [2.24, 2.45) is 0 Å². The van der Waals surface area contributed by atoms with Crippen LogP contribution in [0.3, 0.4) is 0 Å². The maximum absolute atomic E-state index is 4.53. The van der Waals surface area contributed by atoms with Crippen LogP contribution in [-0.4, -0.2) is 34.1 Å². The van der Waals surface area contributed by atoms with Gasteiger partial charge in [0, 0.05) is 24.8 Å². The fraction of sp³-hybridized carbons (Fsp3) is 0.353. The number of hydrogen-bond acceptors (Lipinski definition) is 6. The van der Waals surface area contributed by atoms with Gasteiger partial charge in [-0.15, -0.1) is 11.3 Å². The second kappa shape index (κ2) is 6.12. The summed E-state index contributed by atoms with van der Waals surface area (Å²) in [7, 11) is 0. The number of aromatic nitrogens is 3. The van der Waals surface area contributed by atoms with E-state index in [0.29, 0.717) is 6.04 Å². The first-order valence-electron chi connectivity index (χ1n) is 7.93. The Morgan fingerprint density at radius 2 is 2.04 bits per heavy atom. The smallest absolute Gasteiger partial charge is 0.140 e. The monoisotopic (exact) mass is 325 g/mol. The summed E-state index contributed by atoms with van der Waals surface area (Å²) in [5, 5.41) is 6.81. The molecule has 0 aromatic carbocycles. The predicted octanol–water partition coefficient (Wildman–Crippen LogP) is 3.48.